The number of hydrogen-bond acceptors (Lipinski definition) is 4. The molecule has 0 radical (unpaired) electrons. The fraction of sp³-hybridized carbons (Fsp3) is 0.200. The van der Waals surface area contributed by atoms with E-state index in [-0.39, 0.29) is 23.4 Å². The van der Waals surface area contributed by atoms with Gasteiger partial charge in [0.25, 0.3) is 0 Å². The molecule has 1 aliphatic heterocycles. The van der Waals surface area contributed by atoms with Crippen LogP contribution in [0.3, 0.4) is 0 Å². The zero-order valence-corrected chi connectivity index (χ0v) is 14.8. The molecule has 0 atom stereocenters. The number of benzene rings is 2. The highest BCUT2D eigenvalue weighted by Gasteiger charge is 2.32. The summed E-state index contributed by atoms with van der Waals surface area (Å²) < 4.78 is 42.9. The second-order valence-electron chi connectivity index (χ2n) is 6.19. The molecule has 0 saturated heterocycles. The van der Waals surface area contributed by atoms with Crippen molar-refractivity contribution in [2.24, 2.45) is 0 Å². The lowest BCUT2D eigenvalue weighted by Crippen LogP contribution is -2.30. The Morgan fingerprint density at radius 3 is 2.39 bits per heavy atom. The summed E-state index contributed by atoms with van der Waals surface area (Å²) in [6.45, 7) is -0.0181. The van der Waals surface area contributed by atoms with E-state index in [0.717, 1.165) is 19.2 Å². The molecule has 0 bridgehead atoms. The maximum Gasteiger partial charge on any atom is 0.416 e. The van der Waals surface area contributed by atoms with Gasteiger partial charge < -0.3 is 14.7 Å². The van der Waals surface area contributed by atoms with E-state index in [9.17, 15) is 27.9 Å². The van der Waals surface area contributed by atoms with E-state index < -0.39 is 30.0 Å². The summed E-state index contributed by atoms with van der Waals surface area (Å²) in [5, 5.41) is 10.5. The third-order valence-corrected chi connectivity index (χ3v) is 4.42. The standard InChI is InChI=1S/C20H16F3NO4/c1-28-19(27)15-10-17(25)24(16-5-3-2-4-14(16)18(15)26)11-12-6-8-13(9-7-12)20(21,22)23/h2-9,26H,10-11H2,1H3. The molecule has 1 aliphatic rings. The molecular weight excluding hydrogens is 375 g/mol. The molecule has 5 nitrogen and oxygen atoms in total. The maximum atomic E-state index is 12.8. The summed E-state index contributed by atoms with van der Waals surface area (Å²) in [4.78, 5) is 26.1. The average Bonchev–Trinajstić information content (AvgIpc) is 2.78. The van der Waals surface area contributed by atoms with Crippen LogP contribution in [0.4, 0.5) is 18.9 Å². The Hall–Kier alpha value is -3.29. The lowest BCUT2D eigenvalue weighted by molar-refractivity contribution is -0.138. The molecule has 0 aromatic heterocycles. The number of halogens is 3. The number of nitrogens with zero attached hydrogens (tertiary/aromatic N) is 1. The molecule has 1 amide bonds. The molecule has 0 unspecified atom stereocenters. The van der Waals surface area contributed by atoms with Crippen LogP contribution in [0.1, 0.15) is 23.1 Å². The van der Waals surface area contributed by atoms with Gasteiger partial charge >= 0.3 is 12.1 Å². The van der Waals surface area contributed by atoms with Gasteiger partial charge in [-0.3, -0.25) is 4.79 Å². The molecule has 1 heterocycles. The van der Waals surface area contributed by atoms with E-state index in [4.69, 9.17) is 0 Å². The number of anilines is 1. The summed E-state index contributed by atoms with van der Waals surface area (Å²) in [5.74, 6) is -1.67. The van der Waals surface area contributed by atoms with Crippen LogP contribution in [-0.2, 0) is 27.0 Å². The highest BCUT2D eigenvalue weighted by molar-refractivity contribution is 6.09. The summed E-state index contributed by atoms with van der Waals surface area (Å²) in [7, 11) is 1.14. The Kier molecular flexibility index (Phi) is 5.13. The van der Waals surface area contributed by atoms with Gasteiger partial charge in [-0.25, -0.2) is 4.79 Å². The minimum Gasteiger partial charge on any atom is -0.507 e. The average molecular weight is 391 g/mol. The predicted octanol–water partition coefficient (Wildman–Crippen LogP) is 4.08. The van der Waals surface area contributed by atoms with Crippen molar-refractivity contribution in [3.8, 4) is 0 Å². The Labute approximate surface area is 158 Å². The van der Waals surface area contributed by atoms with Gasteiger partial charge in [0.05, 0.1) is 36.9 Å². The number of carbonyl (C=O) groups excluding carboxylic acids is 2. The summed E-state index contributed by atoms with van der Waals surface area (Å²) in [6, 6.07) is 10.9. The molecule has 28 heavy (non-hydrogen) atoms. The first-order valence-electron chi connectivity index (χ1n) is 8.28. The summed E-state index contributed by atoms with van der Waals surface area (Å²) in [5.41, 5.74) is 0.127. The molecule has 0 saturated carbocycles. The van der Waals surface area contributed by atoms with Crippen molar-refractivity contribution in [3.05, 3.63) is 70.8 Å². The van der Waals surface area contributed by atoms with Crippen molar-refractivity contribution in [3.63, 3.8) is 0 Å². The summed E-state index contributed by atoms with van der Waals surface area (Å²) >= 11 is 0. The number of aliphatic hydroxyl groups is 1. The number of para-hydroxylation sites is 1. The Bertz CT molecular complexity index is 949. The number of methoxy groups -OCH3 is 1. The van der Waals surface area contributed by atoms with Crippen molar-refractivity contribution in [2.45, 2.75) is 19.1 Å². The van der Waals surface area contributed by atoms with E-state index >= 15 is 0 Å². The van der Waals surface area contributed by atoms with Crippen molar-refractivity contribution >= 4 is 23.3 Å². The van der Waals surface area contributed by atoms with Gasteiger partial charge in [0.15, 0.2) is 0 Å². The second-order valence-corrected chi connectivity index (χ2v) is 6.19. The van der Waals surface area contributed by atoms with Gasteiger partial charge in [0.1, 0.15) is 5.76 Å². The Balaban J connectivity index is 1.98. The largest absolute Gasteiger partial charge is 0.507 e. The molecular formula is C20H16F3NO4. The van der Waals surface area contributed by atoms with Crippen molar-refractivity contribution in [1.82, 2.24) is 0 Å². The Morgan fingerprint density at radius 1 is 1.14 bits per heavy atom. The van der Waals surface area contributed by atoms with Crippen LogP contribution in [0.5, 0.6) is 0 Å². The minimum absolute atomic E-state index is 0.0181. The van der Waals surface area contributed by atoms with Crippen LogP contribution in [0.25, 0.3) is 5.76 Å². The first-order valence-corrected chi connectivity index (χ1v) is 8.28. The van der Waals surface area contributed by atoms with Crippen LogP contribution in [0.2, 0.25) is 0 Å². The van der Waals surface area contributed by atoms with E-state index in [0.29, 0.717) is 11.3 Å². The van der Waals surface area contributed by atoms with Crippen molar-refractivity contribution < 1.29 is 32.6 Å². The van der Waals surface area contributed by atoms with Gasteiger partial charge in [-0.05, 0) is 29.8 Å². The molecule has 1 N–H and O–H groups in total. The molecule has 0 fully saturated rings. The first kappa shape index (κ1) is 19.5. The van der Waals surface area contributed by atoms with Crippen molar-refractivity contribution in [1.29, 1.82) is 0 Å². The molecule has 2 aromatic rings. The third-order valence-electron chi connectivity index (χ3n) is 4.42. The zero-order valence-electron chi connectivity index (χ0n) is 14.8. The number of carbonyl (C=O) groups is 2. The van der Waals surface area contributed by atoms with E-state index in [2.05, 4.69) is 4.74 Å². The SMILES string of the molecule is COC(=O)C1=C(O)c2ccccc2N(Cc2ccc(C(F)(F)F)cc2)C(=O)C1. The quantitative estimate of drug-likeness (QED) is 0.801. The number of ether oxygens (including phenoxy) is 1. The van der Waals surface area contributed by atoms with Gasteiger partial charge in [-0.1, -0.05) is 24.3 Å². The second kappa shape index (κ2) is 7.38. The zero-order chi connectivity index (χ0) is 20.5. The fourth-order valence-corrected chi connectivity index (χ4v) is 2.98. The van der Waals surface area contributed by atoms with Crippen LogP contribution in [0.15, 0.2) is 54.1 Å². The van der Waals surface area contributed by atoms with Gasteiger partial charge in [-0.2, -0.15) is 13.2 Å². The maximum absolute atomic E-state index is 12.8. The Morgan fingerprint density at radius 2 is 1.79 bits per heavy atom. The van der Waals surface area contributed by atoms with Crippen LogP contribution >= 0.6 is 0 Å². The summed E-state index contributed by atoms with van der Waals surface area (Å²) in [6.07, 6.45) is -4.84. The van der Waals surface area contributed by atoms with Crippen LogP contribution < -0.4 is 4.90 Å². The van der Waals surface area contributed by atoms with E-state index in [1.807, 2.05) is 0 Å². The van der Waals surface area contributed by atoms with Crippen molar-refractivity contribution in [2.75, 3.05) is 12.0 Å². The normalized spacial score (nSPS) is 14.6. The van der Waals surface area contributed by atoms with Gasteiger partial charge in [0.2, 0.25) is 5.91 Å². The molecule has 3 rings (SSSR count). The molecule has 0 spiro atoms. The number of alkyl halides is 3. The van der Waals surface area contributed by atoms with Crippen LogP contribution in [0, 0.1) is 0 Å². The topological polar surface area (TPSA) is 66.8 Å². The van der Waals surface area contributed by atoms with E-state index in [1.54, 1.807) is 24.3 Å². The predicted molar refractivity (Wildman–Crippen MR) is 95.3 cm³/mol. The lowest BCUT2D eigenvalue weighted by Gasteiger charge is -2.23. The number of rotatable bonds is 3. The highest BCUT2D eigenvalue weighted by atomic mass is 19.4. The number of hydrogen-bond donors (Lipinski definition) is 1. The molecule has 146 valence electrons. The number of aliphatic hydroxyl groups excluding tert-OH is 1. The van der Waals surface area contributed by atoms with Gasteiger partial charge in [0, 0.05) is 5.56 Å². The minimum atomic E-state index is -4.45. The monoisotopic (exact) mass is 391 g/mol. The van der Waals surface area contributed by atoms with Gasteiger partial charge in [-0.15, -0.1) is 0 Å². The first-order chi connectivity index (χ1) is 13.2. The molecule has 0 aliphatic carbocycles. The smallest absolute Gasteiger partial charge is 0.416 e. The van der Waals surface area contributed by atoms with E-state index in [1.165, 1.54) is 17.0 Å². The molecule has 8 heteroatoms. The highest BCUT2D eigenvalue weighted by Crippen LogP contribution is 2.35. The third kappa shape index (κ3) is 3.71. The molecule has 2 aromatic carbocycles. The van der Waals surface area contributed by atoms with Crippen LogP contribution in [-0.4, -0.2) is 24.1 Å². The lowest BCUT2D eigenvalue weighted by atomic mass is 10.1. The number of fused-ring (bicyclic) bond motifs is 1. The number of amides is 1. The fourth-order valence-electron chi connectivity index (χ4n) is 2.98. The number of esters is 1.